The van der Waals surface area contributed by atoms with Crippen LogP contribution in [0.5, 0.6) is 0 Å². The third kappa shape index (κ3) is 3.92. The first-order valence-electron chi connectivity index (χ1n) is 10.2. The lowest BCUT2D eigenvalue weighted by atomic mass is 10.1. The van der Waals surface area contributed by atoms with E-state index in [-0.39, 0.29) is 11.3 Å². The van der Waals surface area contributed by atoms with Crippen LogP contribution in [0.1, 0.15) is 45.6 Å². The molecule has 0 saturated heterocycles. The molecule has 0 aliphatic heterocycles. The molecule has 2 heterocycles. The number of hydrogen-bond donors (Lipinski definition) is 2. The van der Waals surface area contributed by atoms with Crippen LogP contribution in [0.3, 0.4) is 0 Å². The number of hydrogen-bond acceptors (Lipinski definition) is 6. The maximum absolute atomic E-state index is 12.8. The lowest BCUT2D eigenvalue weighted by Crippen LogP contribution is -2.42. The van der Waals surface area contributed by atoms with Gasteiger partial charge in [-0.05, 0) is 44.5 Å². The highest BCUT2D eigenvalue weighted by Gasteiger charge is 2.17. The summed E-state index contributed by atoms with van der Waals surface area (Å²) in [4.78, 5) is 46.9. The number of nitrogens with zero attached hydrogens (tertiary/aromatic N) is 4. The highest BCUT2D eigenvalue weighted by atomic mass is 16.2. The molecular formula is C23H22N6O3. The summed E-state index contributed by atoms with van der Waals surface area (Å²) in [6.45, 7) is 6.02. The fourth-order valence-corrected chi connectivity index (χ4v) is 3.38. The molecule has 0 unspecified atom stereocenters. The zero-order chi connectivity index (χ0) is 22.8. The summed E-state index contributed by atoms with van der Waals surface area (Å²) in [6, 6.07) is 11.7. The van der Waals surface area contributed by atoms with Gasteiger partial charge in [0.05, 0.1) is 27.8 Å². The van der Waals surface area contributed by atoms with Crippen molar-refractivity contribution in [2.45, 2.75) is 33.7 Å². The van der Waals surface area contributed by atoms with Gasteiger partial charge >= 0.3 is 0 Å². The van der Waals surface area contributed by atoms with Gasteiger partial charge in [0.25, 0.3) is 17.4 Å². The topological polar surface area (TPSA) is 119 Å². The largest absolute Gasteiger partial charge is 0.290 e. The number of hydrazine groups is 1. The van der Waals surface area contributed by atoms with Gasteiger partial charge < -0.3 is 0 Å². The summed E-state index contributed by atoms with van der Waals surface area (Å²) in [5, 5.41) is 5.04. The van der Waals surface area contributed by atoms with Crippen LogP contribution in [0, 0.1) is 13.8 Å². The minimum Gasteiger partial charge on any atom is -0.267 e. The van der Waals surface area contributed by atoms with E-state index in [1.54, 1.807) is 42.5 Å². The molecule has 2 aromatic carbocycles. The zero-order valence-electron chi connectivity index (χ0n) is 18.0. The van der Waals surface area contributed by atoms with Crippen molar-refractivity contribution in [3.63, 3.8) is 0 Å². The summed E-state index contributed by atoms with van der Waals surface area (Å²) in [7, 11) is 0. The minimum atomic E-state index is -0.619. The van der Waals surface area contributed by atoms with E-state index in [1.807, 2.05) is 20.8 Å². The summed E-state index contributed by atoms with van der Waals surface area (Å²) < 4.78 is 1.27. The van der Waals surface area contributed by atoms with Gasteiger partial charge in [-0.15, -0.1) is 0 Å². The van der Waals surface area contributed by atoms with Crippen molar-refractivity contribution in [1.29, 1.82) is 0 Å². The first-order valence-corrected chi connectivity index (χ1v) is 10.2. The van der Waals surface area contributed by atoms with E-state index in [0.717, 1.165) is 11.4 Å². The molecule has 2 N–H and O–H groups in total. The number of amides is 2. The molecule has 2 amide bonds. The van der Waals surface area contributed by atoms with E-state index in [1.165, 1.54) is 4.68 Å². The fourth-order valence-electron chi connectivity index (χ4n) is 3.38. The highest BCUT2D eigenvalue weighted by molar-refractivity contribution is 6.06. The number of nitrogens with one attached hydrogen (secondary N) is 2. The van der Waals surface area contributed by atoms with Gasteiger partial charge in [0, 0.05) is 17.5 Å². The van der Waals surface area contributed by atoms with Crippen LogP contribution in [-0.4, -0.2) is 31.6 Å². The Balaban J connectivity index is 1.59. The Labute approximate surface area is 183 Å². The van der Waals surface area contributed by atoms with Crippen LogP contribution >= 0.6 is 0 Å². The molecule has 0 bridgehead atoms. The Hall–Kier alpha value is -4.14. The van der Waals surface area contributed by atoms with Crippen molar-refractivity contribution in [2.75, 3.05) is 0 Å². The Bertz CT molecular complexity index is 1430. The Morgan fingerprint density at radius 3 is 2.28 bits per heavy atom. The molecule has 4 rings (SSSR count). The van der Waals surface area contributed by atoms with E-state index in [2.05, 4.69) is 25.9 Å². The van der Waals surface area contributed by atoms with Crippen LogP contribution in [0.25, 0.3) is 21.8 Å². The quantitative estimate of drug-likeness (QED) is 0.480. The van der Waals surface area contributed by atoms with Gasteiger partial charge in [-0.3, -0.25) is 25.2 Å². The van der Waals surface area contributed by atoms with Crippen molar-refractivity contribution >= 4 is 33.6 Å². The normalized spacial score (nSPS) is 11.0. The second-order valence-electron chi connectivity index (χ2n) is 7.43. The number of fused-ring (bicyclic) bond motifs is 2. The third-order valence-corrected chi connectivity index (χ3v) is 5.15. The number of benzene rings is 2. The van der Waals surface area contributed by atoms with Gasteiger partial charge in [-0.2, -0.15) is 5.10 Å². The number of carbonyl (C=O) groups excluding carboxylic acids is 2. The van der Waals surface area contributed by atoms with Crippen molar-refractivity contribution in [1.82, 2.24) is 30.6 Å². The maximum Gasteiger partial charge on any atom is 0.290 e. The monoisotopic (exact) mass is 430 g/mol. The fraction of sp³-hybridized carbons (Fsp3) is 0.217. The number of aryl methyl sites for hydroxylation is 3. The van der Waals surface area contributed by atoms with Crippen LogP contribution in [0.2, 0.25) is 0 Å². The summed E-state index contributed by atoms with van der Waals surface area (Å²) >= 11 is 0. The van der Waals surface area contributed by atoms with Crippen molar-refractivity contribution in [3.8, 4) is 0 Å². The van der Waals surface area contributed by atoms with Gasteiger partial charge in [-0.25, -0.2) is 14.6 Å². The standard InChI is InChI=1S/C23H22N6O3/c1-4-11-29-23(32)17-8-6-5-7-16(17)20(28-29)22(31)27-26-21(30)15-9-10-18-19(12-15)25-14(3)13(2)24-18/h5-10,12H,4,11H2,1-3H3,(H,26,30)(H,27,31). The average molecular weight is 430 g/mol. The van der Waals surface area contributed by atoms with Gasteiger partial charge in [0.15, 0.2) is 5.69 Å². The van der Waals surface area contributed by atoms with Gasteiger partial charge in [0.1, 0.15) is 0 Å². The van der Waals surface area contributed by atoms with Crippen molar-refractivity contribution in [3.05, 3.63) is 75.5 Å². The second-order valence-corrected chi connectivity index (χ2v) is 7.43. The summed E-state index contributed by atoms with van der Waals surface area (Å²) in [6.07, 6.45) is 0.687. The molecule has 32 heavy (non-hydrogen) atoms. The molecule has 9 heteroatoms. The van der Waals surface area contributed by atoms with E-state index in [9.17, 15) is 14.4 Å². The van der Waals surface area contributed by atoms with Crippen LogP contribution in [0.15, 0.2) is 47.3 Å². The molecule has 0 saturated carbocycles. The zero-order valence-corrected chi connectivity index (χ0v) is 18.0. The Morgan fingerprint density at radius 2 is 1.56 bits per heavy atom. The van der Waals surface area contributed by atoms with E-state index < -0.39 is 11.8 Å². The van der Waals surface area contributed by atoms with Crippen LogP contribution in [-0.2, 0) is 6.54 Å². The molecule has 0 fully saturated rings. The molecule has 0 spiro atoms. The first kappa shape index (κ1) is 21.1. The lowest BCUT2D eigenvalue weighted by molar-refractivity contribution is 0.0843. The third-order valence-electron chi connectivity index (χ3n) is 5.15. The van der Waals surface area contributed by atoms with Crippen molar-refractivity contribution in [2.24, 2.45) is 0 Å². The predicted molar refractivity (Wildman–Crippen MR) is 120 cm³/mol. The Kier molecular flexibility index (Phi) is 5.63. The number of rotatable bonds is 4. The maximum atomic E-state index is 12.8. The second kappa shape index (κ2) is 8.54. The van der Waals surface area contributed by atoms with Gasteiger partial charge in [0.2, 0.25) is 0 Å². The average Bonchev–Trinajstić information content (AvgIpc) is 2.79. The molecule has 162 valence electrons. The van der Waals surface area contributed by atoms with E-state index in [0.29, 0.717) is 40.3 Å². The molecule has 4 aromatic rings. The SMILES string of the molecule is CCCn1nc(C(=O)NNC(=O)c2ccc3nc(C)c(C)nc3c2)c2ccccc2c1=O. The first-order chi connectivity index (χ1) is 15.4. The predicted octanol–water partition coefficient (Wildman–Crippen LogP) is 2.44. The van der Waals surface area contributed by atoms with Gasteiger partial charge in [-0.1, -0.05) is 25.1 Å². The highest BCUT2D eigenvalue weighted by Crippen LogP contribution is 2.15. The molecule has 0 atom stereocenters. The van der Waals surface area contributed by atoms with Crippen molar-refractivity contribution < 1.29 is 9.59 Å². The van der Waals surface area contributed by atoms with E-state index in [4.69, 9.17) is 0 Å². The lowest BCUT2D eigenvalue weighted by Gasteiger charge is -2.11. The molecule has 0 aliphatic rings. The van der Waals surface area contributed by atoms with Crippen LogP contribution in [0.4, 0.5) is 0 Å². The number of aromatic nitrogens is 4. The molecule has 0 radical (unpaired) electrons. The molecule has 9 nitrogen and oxygen atoms in total. The minimum absolute atomic E-state index is 0.0597. The summed E-state index contributed by atoms with van der Waals surface area (Å²) in [5.74, 6) is -1.13. The van der Waals surface area contributed by atoms with Crippen LogP contribution < -0.4 is 16.4 Å². The number of carbonyl (C=O) groups is 2. The summed E-state index contributed by atoms with van der Waals surface area (Å²) in [5.41, 5.74) is 7.80. The van der Waals surface area contributed by atoms with E-state index >= 15 is 0 Å². The molecular weight excluding hydrogens is 408 g/mol. The Morgan fingerprint density at radius 1 is 0.906 bits per heavy atom. The smallest absolute Gasteiger partial charge is 0.267 e. The molecule has 0 aliphatic carbocycles. The molecule has 2 aromatic heterocycles.